The summed E-state index contributed by atoms with van der Waals surface area (Å²) in [4.78, 5) is 0. The Kier molecular flexibility index (Phi) is 6.31. The van der Waals surface area contributed by atoms with E-state index in [-0.39, 0.29) is 23.0 Å². The predicted octanol–water partition coefficient (Wildman–Crippen LogP) is 8.32. The number of hydrogen-bond acceptors (Lipinski definition) is 0. The van der Waals surface area contributed by atoms with Crippen LogP contribution in [-0.2, 0) is 6.42 Å². The van der Waals surface area contributed by atoms with Crippen molar-refractivity contribution in [2.24, 2.45) is 0 Å². The van der Waals surface area contributed by atoms with Crippen LogP contribution in [0.2, 0.25) is 0 Å². The molecular weight excluding hydrogens is 407 g/mol. The van der Waals surface area contributed by atoms with Crippen molar-refractivity contribution in [2.45, 2.75) is 63.7 Å². The highest BCUT2D eigenvalue weighted by Gasteiger charge is 2.27. The van der Waals surface area contributed by atoms with Gasteiger partial charge in [0.1, 0.15) is 11.6 Å². The summed E-state index contributed by atoms with van der Waals surface area (Å²) in [5.41, 5.74) is 2.38. The minimum Gasteiger partial charge on any atom is -0.207 e. The smallest absolute Gasteiger partial charge is 0.195 e. The lowest BCUT2D eigenvalue weighted by Crippen LogP contribution is -2.14. The Morgan fingerprint density at radius 2 is 1.45 bits per heavy atom. The zero-order chi connectivity index (χ0) is 22.1. The molecule has 3 aromatic carbocycles. The molecule has 0 nitrogen and oxygen atoms in total. The molecule has 3 aromatic rings. The Morgan fingerprint density at radius 1 is 0.742 bits per heavy atom. The predicted molar refractivity (Wildman–Crippen MR) is 113 cm³/mol. The zero-order valence-electron chi connectivity index (χ0n) is 17.5. The molecule has 0 saturated heterocycles. The third-order valence-corrected chi connectivity index (χ3v) is 6.57. The average molecular weight is 432 g/mol. The fourth-order valence-corrected chi connectivity index (χ4v) is 4.82. The Morgan fingerprint density at radius 3 is 2.13 bits per heavy atom. The van der Waals surface area contributed by atoms with Crippen molar-refractivity contribution in [3.8, 4) is 0 Å². The molecule has 0 N–H and O–H groups in total. The van der Waals surface area contributed by atoms with Gasteiger partial charge in [-0.15, -0.1) is 0 Å². The third-order valence-electron chi connectivity index (χ3n) is 6.57. The SMILES string of the molecule is CCCCc1ccc(C2CCC(c3cc(F)c4c(F)c(F)c(F)cc4c3)CC2)c(F)c1. The van der Waals surface area contributed by atoms with Gasteiger partial charge in [-0.25, -0.2) is 22.0 Å². The van der Waals surface area contributed by atoms with Crippen LogP contribution in [0.3, 0.4) is 0 Å². The van der Waals surface area contributed by atoms with Gasteiger partial charge < -0.3 is 0 Å². The first kappa shape index (κ1) is 21.8. The van der Waals surface area contributed by atoms with E-state index in [1.165, 1.54) is 12.1 Å². The quantitative estimate of drug-likeness (QED) is 0.281. The largest absolute Gasteiger partial charge is 0.207 e. The molecule has 0 bridgehead atoms. The van der Waals surface area contributed by atoms with Crippen LogP contribution < -0.4 is 0 Å². The summed E-state index contributed by atoms with van der Waals surface area (Å²) < 4.78 is 70.2. The van der Waals surface area contributed by atoms with E-state index in [1.807, 2.05) is 12.1 Å². The minimum absolute atomic E-state index is 0.0122. The lowest BCUT2D eigenvalue weighted by Gasteiger charge is -2.29. The van der Waals surface area contributed by atoms with Crippen molar-refractivity contribution in [3.05, 3.63) is 82.2 Å². The third kappa shape index (κ3) is 4.32. The van der Waals surface area contributed by atoms with Crippen LogP contribution in [0.5, 0.6) is 0 Å². The molecule has 0 atom stereocenters. The first-order valence-corrected chi connectivity index (χ1v) is 10.9. The molecule has 1 aliphatic rings. The van der Waals surface area contributed by atoms with Crippen molar-refractivity contribution in [1.29, 1.82) is 0 Å². The Bertz CT molecular complexity index is 1100. The molecular formula is C26H25F5. The van der Waals surface area contributed by atoms with Gasteiger partial charge in [-0.2, -0.15) is 0 Å². The molecule has 0 heterocycles. The van der Waals surface area contributed by atoms with Crippen LogP contribution in [-0.4, -0.2) is 0 Å². The van der Waals surface area contributed by atoms with E-state index in [9.17, 15) is 22.0 Å². The molecule has 5 heteroatoms. The fourth-order valence-electron chi connectivity index (χ4n) is 4.82. The van der Waals surface area contributed by atoms with Gasteiger partial charge in [0.2, 0.25) is 0 Å². The second-order valence-electron chi connectivity index (χ2n) is 8.60. The highest BCUT2D eigenvalue weighted by Crippen LogP contribution is 2.42. The Labute approximate surface area is 179 Å². The number of benzene rings is 3. The molecule has 1 saturated carbocycles. The Balaban J connectivity index is 1.51. The van der Waals surface area contributed by atoms with Gasteiger partial charge in [-0.1, -0.05) is 31.5 Å². The topological polar surface area (TPSA) is 0 Å². The summed E-state index contributed by atoms with van der Waals surface area (Å²) in [6, 6.07) is 9.12. The molecule has 1 aliphatic carbocycles. The normalized spacial score (nSPS) is 19.2. The second-order valence-corrected chi connectivity index (χ2v) is 8.60. The molecule has 0 unspecified atom stereocenters. The monoisotopic (exact) mass is 432 g/mol. The first-order chi connectivity index (χ1) is 14.9. The minimum atomic E-state index is -1.66. The molecule has 1 fully saturated rings. The van der Waals surface area contributed by atoms with Gasteiger partial charge in [-0.3, -0.25) is 0 Å². The van der Waals surface area contributed by atoms with Gasteiger partial charge in [0, 0.05) is 0 Å². The highest BCUT2D eigenvalue weighted by molar-refractivity contribution is 5.84. The summed E-state index contributed by atoms with van der Waals surface area (Å²) in [6.07, 6.45) is 5.92. The molecule has 31 heavy (non-hydrogen) atoms. The van der Waals surface area contributed by atoms with Gasteiger partial charge in [0.05, 0.1) is 5.39 Å². The average Bonchev–Trinajstić information content (AvgIpc) is 2.76. The van der Waals surface area contributed by atoms with Crippen LogP contribution in [0.15, 0.2) is 36.4 Å². The maximum Gasteiger partial charge on any atom is 0.195 e. The van der Waals surface area contributed by atoms with Crippen LogP contribution >= 0.6 is 0 Å². The van der Waals surface area contributed by atoms with Crippen molar-refractivity contribution < 1.29 is 22.0 Å². The van der Waals surface area contributed by atoms with Crippen molar-refractivity contribution >= 4 is 10.8 Å². The number of aryl methyl sites for hydroxylation is 1. The van der Waals surface area contributed by atoms with Crippen LogP contribution in [0.1, 0.15) is 74.0 Å². The van der Waals surface area contributed by atoms with Crippen molar-refractivity contribution in [2.75, 3.05) is 0 Å². The molecule has 0 aromatic heterocycles. The van der Waals surface area contributed by atoms with Crippen LogP contribution in [0.4, 0.5) is 22.0 Å². The molecule has 0 amide bonds. The van der Waals surface area contributed by atoms with Gasteiger partial charge >= 0.3 is 0 Å². The fraction of sp³-hybridized carbons (Fsp3) is 0.385. The highest BCUT2D eigenvalue weighted by atomic mass is 19.2. The summed E-state index contributed by atoms with van der Waals surface area (Å²) >= 11 is 0. The maximum atomic E-state index is 14.7. The van der Waals surface area contributed by atoms with E-state index in [0.717, 1.165) is 62.1 Å². The van der Waals surface area contributed by atoms with Gasteiger partial charge in [0.15, 0.2) is 17.5 Å². The standard InChI is InChI=1S/C26H25F5/c1-2-3-4-15-5-10-20(21(27)11-15)17-8-6-16(7-9-17)18-12-19-14-23(29)25(30)26(31)24(19)22(28)13-18/h5,10-14,16-17H,2-4,6-9H2,1H3. The van der Waals surface area contributed by atoms with E-state index >= 15 is 0 Å². The molecule has 0 aliphatic heterocycles. The van der Waals surface area contributed by atoms with E-state index < -0.39 is 28.7 Å². The number of rotatable bonds is 5. The van der Waals surface area contributed by atoms with E-state index in [4.69, 9.17) is 0 Å². The second kappa shape index (κ2) is 8.97. The van der Waals surface area contributed by atoms with E-state index in [2.05, 4.69) is 6.92 Å². The molecule has 4 rings (SSSR count). The molecule has 164 valence electrons. The summed E-state index contributed by atoms with van der Waals surface area (Å²) in [5.74, 6) is -5.43. The Hall–Kier alpha value is -2.43. The van der Waals surface area contributed by atoms with Crippen LogP contribution in [0.25, 0.3) is 10.8 Å². The first-order valence-electron chi connectivity index (χ1n) is 10.9. The van der Waals surface area contributed by atoms with Gasteiger partial charge in [0.25, 0.3) is 0 Å². The molecule has 0 spiro atoms. The summed E-state index contributed by atoms with van der Waals surface area (Å²) in [5, 5.41) is -0.510. The maximum absolute atomic E-state index is 14.7. The lowest BCUT2D eigenvalue weighted by atomic mass is 9.75. The number of unbranched alkanes of at least 4 members (excludes halogenated alkanes) is 1. The number of fused-ring (bicyclic) bond motifs is 1. The molecule has 0 radical (unpaired) electrons. The number of hydrogen-bond donors (Lipinski definition) is 0. The van der Waals surface area contributed by atoms with E-state index in [1.54, 1.807) is 6.07 Å². The van der Waals surface area contributed by atoms with E-state index in [0.29, 0.717) is 5.56 Å². The van der Waals surface area contributed by atoms with Crippen molar-refractivity contribution in [3.63, 3.8) is 0 Å². The lowest BCUT2D eigenvalue weighted by molar-refractivity contribution is 0.387. The zero-order valence-corrected chi connectivity index (χ0v) is 17.5. The summed E-state index contributed by atoms with van der Waals surface area (Å²) in [6.45, 7) is 2.11. The number of halogens is 5. The van der Waals surface area contributed by atoms with Gasteiger partial charge in [-0.05, 0) is 90.6 Å². The van der Waals surface area contributed by atoms with Crippen LogP contribution in [0, 0.1) is 29.1 Å². The summed E-state index contributed by atoms with van der Waals surface area (Å²) in [7, 11) is 0. The van der Waals surface area contributed by atoms with Crippen molar-refractivity contribution in [1.82, 2.24) is 0 Å².